The van der Waals surface area contributed by atoms with Crippen molar-refractivity contribution in [2.45, 2.75) is 27.7 Å². The van der Waals surface area contributed by atoms with Crippen molar-refractivity contribution < 1.29 is 103 Å². The second-order valence-corrected chi connectivity index (χ2v) is 1.77. The Hall–Kier alpha value is 3.27. The standard InChI is InChI=1S/C4H8O.2C3H7.3Y/c1-3-5-4-2;2*1-3-2;;;/h1-4H2;2*3H,1-2H3;;;/q-2;2*-1;;;. The van der Waals surface area contributed by atoms with Crippen LogP contribution in [0.3, 0.4) is 0 Å². The monoisotopic (exact) mass is 425 g/mol. The van der Waals surface area contributed by atoms with Crippen molar-refractivity contribution in [1.82, 2.24) is 0 Å². The number of ether oxygens (including phenoxy) is 1. The molecule has 14 heavy (non-hydrogen) atoms. The third kappa shape index (κ3) is 112. The molecule has 0 unspecified atom stereocenters. The molecule has 0 fully saturated rings. The second kappa shape index (κ2) is 55.5. The molecule has 0 rings (SSSR count). The Kier molecular flexibility index (Phi) is 143. The van der Waals surface area contributed by atoms with Crippen LogP contribution in [-0.2, 0) is 103 Å². The maximum absolute atomic E-state index is 4.61. The average Bonchev–Trinajstić information content (AvgIpc) is 1.92. The van der Waals surface area contributed by atoms with Crippen LogP contribution in [0.1, 0.15) is 27.7 Å². The van der Waals surface area contributed by atoms with Crippen molar-refractivity contribution in [3.8, 4) is 0 Å². The normalized spacial score (nSPS) is 5.57. The number of rotatable bonds is 2. The summed E-state index contributed by atoms with van der Waals surface area (Å²) in [6.07, 6.45) is 4.00. The minimum absolute atomic E-state index is 0. The smallest absolute Gasteiger partial charge is 0 e. The predicted molar refractivity (Wildman–Crippen MR) is 52.8 cm³/mol. The van der Waals surface area contributed by atoms with Gasteiger partial charge in [-0.25, -0.2) is 0 Å². The summed E-state index contributed by atoms with van der Waals surface area (Å²) in [6.45, 7) is 15.9. The molecule has 1 nitrogen and oxygen atoms in total. The van der Waals surface area contributed by atoms with Gasteiger partial charge >= 0.3 is 0 Å². The van der Waals surface area contributed by atoms with Crippen LogP contribution in [0.15, 0.2) is 0 Å². The topological polar surface area (TPSA) is 9.23 Å². The van der Waals surface area contributed by atoms with Gasteiger partial charge in [-0.3, -0.25) is 0 Å². The second-order valence-electron chi connectivity index (χ2n) is 1.77. The molecule has 0 heterocycles. The molecule has 3 radical (unpaired) electrons. The number of hydrogen-bond donors (Lipinski definition) is 0. The van der Waals surface area contributed by atoms with Crippen molar-refractivity contribution in [3.05, 3.63) is 26.7 Å². The van der Waals surface area contributed by atoms with E-state index in [1.54, 1.807) is 0 Å². The maximum Gasteiger partial charge on any atom is 0 e. The van der Waals surface area contributed by atoms with Crippen LogP contribution in [0.4, 0.5) is 0 Å². The molecule has 0 bridgehead atoms. The van der Waals surface area contributed by atoms with E-state index in [-0.39, 0.29) is 98.1 Å². The van der Waals surface area contributed by atoms with Gasteiger partial charge in [-0.15, -0.1) is 0 Å². The van der Waals surface area contributed by atoms with Gasteiger partial charge in [0.25, 0.3) is 0 Å². The van der Waals surface area contributed by atoms with Gasteiger partial charge in [-0.1, -0.05) is 13.2 Å². The van der Waals surface area contributed by atoms with E-state index in [1.807, 2.05) is 40.5 Å². The minimum atomic E-state index is 0. The van der Waals surface area contributed by atoms with Crippen molar-refractivity contribution in [2.24, 2.45) is 0 Å². The molecule has 0 amide bonds. The molecule has 0 atom stereocenters. The first-order chi connectivity index (χ1) is 5.24. The summed E-state index contributed by atoms with van der Waals surface area (Å²) in [5.41, 5.74) is 0. The van der Waals surface area contributed by atoms with E-state index in [4.69, 9.17) is 0 Å². The van der Waals surface area contributed by atoms with E-state index >= 15 is 0 Å². The summed E-state index contributed by atoms with van der Waals surface area (Å²) in [5, 5.41) is 0. The summed E-state index contributed by atoms with van der Waals surface area (Å²) in [7, 11) is 0. The fourth-order valence-corrected chi connectivity index (χ4v) is 0.102. The fourth-order valence-electron chi connectivity index (χ4n) is 0.102. The molecule has 0 aliphatic heterocycles. The van der Waals surface area contributed by atoms with E-state index in [0.717, 1.165) is 0 Å². The summed E-state index contributed by atoms with van der Waals surface area (Å²) < 4.78 is 4.61. The van der Waals surface area contributed by atoms with E-state index in [0.29, 0.717) is 13.2 Å². The molecule has 0 aliphatic carbocycles. The van der Waals surface area contributed by atoms with Crippen molar-refractivity contribution in [1.29, 1.82) is 0 Å². The first-order valence-electron chi connectivity index (χ1n) is 3.89. The molecule has 0 spiro atoms. The maximum atomic E-state index is 4.61. The van der Waals surface area contributed by atoms with Crippen LogP contribution in [0, 0.1) is 26.7 Å². The summed E-state index contributed by atoms with van der Waals surface area (Å²) >= 11 is 0. The molecular formula is C10H22OY3-4. The quantitative estimate of drug-likeness (QED) is 0.619. The molecule has 0 aromatic heterocycles. The van der Waals surface area contributed by atoms with Crippen LogP contribution in [0.25, 0.3) is 0 Å². The molecule has 0 aromatic carbocycles. The Morgan fingerprint density at radius 3 is 0.929 bits per heavy atom. The van der Waals surface area contributed by atoms with E-state index in [1.165, 1.54) is 0 Å². The van der Waals surface area contributed by atoms with Gasteiger partial charge < -0.3 is 31.4 Å². The predicted octanol–water partition coefficient (Wildman–Crippen LogP) is 3.12. The van der Waals surface area contributed by atoms with Crippen LogP contribution in [-0.4, -0.2) is 13.2 Å². The van der Waals surface area contributed by atoms with Crippen molar-refractivity contribution in [3.63, 3.8) is 0 Å². The zero-order chi connectivity index (χ0) is 9.54. The fraction of sp³-hybridized carbons (Fsp3) is 0.600. The SMILES string of the molecule is C[CH-]C.C[CH-]C.[CH2-]COC[CH2-].[Y].[Y].[Y]. The van der Waals surface area contributed by atoms with Crippen LogP contribution in [0.5, 0.6) is 0 Å². The molecule has 0 saturated carbocycles. The third-order valence-corrected chi connectivity index (χ3v) is 0.289. The van der Waals surface area contributed by atoms with Gasteiger partial charge in [0.15, 0.2) is 0 Å². The molecule has 0 aliphatic rings. The largest absolute Gasteiger partial charge is 0.445 e. The summed E-state index contributed by atoms with van der Waals surface area (Å²) in [5.74, 6) is 0. The van der Waals surface area contributed by atoms with Crippen LogP contribution < -0.4 is 0 Å². The Balaban J connectivity index is -0.0000000162. The first kappa shape index (κ1) is 36.0. The van der Waals surface area contributed by atoms with E-state index < -0.39 is 0 Å². The Labute approximate surface area is 167 Å². The summed E-state index contributed by atoms with van der Waals surface area (Å²) in [4.78, 5) is 0. The molecule has 0 aromatic rings. The Bertz CT molecular complexity index is 34.5. The molecule has 4 heteroatoms. The van der Waals surface area contributed by atoms with Gasteiger partial charge in [0.05, 0.1) is 0 Å². The van der Waals surface area contributed by atoms with Gasteiger partial charge in [0, 0.05) is 98.1 Å². The van der Waals surface area contributed by atoms with Crippen molar-refractivity contribution in [2.75, 3.05) is 13.2 Å². The molecule has 81 valence electrons. The Morgan fingerprint density at radius 2 is 0.929 bits per heavy atom. The molecule has 0 saturated heterocycles. The summed E-state index contributed by atoms with van der Waals surface area (Å²) in [6, 6.07) is 0. The Morgan fingerprint density at radius 1 is 0.786 bits per heavy atom. The first-order valence-corrected chi connectivity index (χ1v) is 3.89. The van der Waals surface area contributed by atoms with Crippen LogP contribution >= 0.6 is 0 Å². The third-order valence-electron chi connectivity index (χ3n) is 0.289. The van der Waals surface area contributed by atoms with Gasteiger partial charge in [-0.05, 0) is 0 Å². The zero-order valence-corrected chi connectivity index (χ0v) is 18.6. The van der Waals surface area contributed by atoms with Gasteiger partial charge in [0.2, 0.25) is 0 Å². The van der Waals surface area contributed by atoms with Crippen molar-refractivity contribution >= 4 is 0 Å². The zero-order valence-electron chi connectivity index (χ0n) is 10.1. The van der Waals surface area contributed by atoms with E-state index in [9.17, 15) is 0 Å². The molecule has 0 N–H and O–H groups in total. The number of hydrogen-bond acceptors (Lipinski definition) is 1. The van der Waals surface area contributed by atoms with E-state index in [2.05, 4.69) is 18.6 Å². The van der Waals surface area contributed by atoms with Gasteiger partial charge in [-0.2, -0.15) is 27.7 Å². The van der Waals surface area contributed by atoms with Crippen LogP contribution in [0.2, 0.25) is 0 Å². The average molecular weight is 425 g/mol. The van der Waals surface area contributed by atoms with Gasteiger partial charge in [0.1, 0.15) is 0 Å². The molecular weight excluding hydrogens is 403 g/mol. The minimum Gasteiger partial charge on any atom is -0.445 e.